The zero-order chi connectivity index (χ0) is 23.1. The number of ether oxygens (including phenoxy) is 2. The van der Waals surface area contributed by atoms with Gasteiger partial charge in [-0.1, -0.05) is 18.2 Å². The largest absolute Gasteiger partial charge is 0.468 e. The summed E-state index contributed by atoms with van der Waals surface area (Å²) in [6.45, 7) is 3.56. The predicted molar refractivity (Wildman–Crippen MR) is 117 cm³/mol. The third-order valence-corrected chi connectivity index (χ3v) is 4.85. The van der Waals surface area contributed by atoms with Crippen LogP contribution in [0.5, 0.6) is 0 Å². The van der Waals surface area contributed by atoms with Gasteiger partial charge in [0.2, 0.25) is 0 Å². The number of esters is 1. The SMILES string of the molecule is COC(=O)CNC(=O)c1cccc(/C=C/C(=O)c2c(N3CCOCC3)cc(C)oc2=O)c1. The van der Waals surface area contributed by atoms with E-state index < -0.39 is 23.3 Å². The number of carbonyl (C=O) groups is 3. The minimum Gasteiger partial charge on any atom is -0.468 e. The summed E-state index contributed by atoms with van der Waals surface area (Å²) in [5, 5.41) is 2.45. The third kappa shape index (κ3) is 5.70. The van der Waals surface area contributed by atoms with Crippen LogP contribution in [0.25, 0.3) is 6.08 Å². The number of rotatable bonds is 7. The van der Waals surface area contributed by atoms with Crippen LogP contribution in [0.3, 0.4) is 0 Å². The van der Waals surface area contributed by atoms with Gasteiger partial charge in [0.05, 0.1) is 26.0 Å². The summed E-state index contributed by atoms with van der Waals surface area (Å²) in [6, 6.07) is 8.19. The molecule has 1 aliphatic heterocycles. The van der Waals surface area contributed by atoms with Crippen molar-refractivity contribution in [1.82, 2.24) is 5.32 Å². The van der Waals surface area contributed by atoms with E-state index in [2.05, 4.69) is 10.1 Å². The molecule has 0 bridgehead atoms. The second-order valence-electron chi connectivity index (χ2n) is 7.09. The summed E-state index contributed by atoms with van der Waals surface area (Å²) in [6.07, 6.45) is 2.79. The van der Waals surface area contributed by atoms with Gasteiger partial charge in [0.15, 0.2) is 5.78 Å². The van der Waals surface area contributed by atoms with Gasteiger partial charge in [0, 0.05) is 24.7 Å². The highest BCUT2D eigenvalue weighted by atomic mass is 16.5. The van der Waals surface area contributed by atoms with Gasteiger partial charge in [-0.15, -0.1) is 0 Å². The van der Waals surface area contributed by atoms with E-state index in [0.29, 0.717) is 48.9 Å². The van der Waals surface area contributed by atoms with Crippen LogP contribution < -0.4 is 15.8 Å². The van der Waals surface area contributed by atoms with Gasteiger partial charge in [-0.3, -0.25) is 14.4 Å². The zero-order valence-corrected chi connectivity index (χ0v) is 17.9. The highest BCUT2D eigenvalue weighted by Crippen LogP contribution is 2.22. The first-order valence-electron chi connectivity index (χ1n) is 10.0. The molecule has 0 radical (unpaired) electrons. The molecular formula is C23H24N2O7. The predicted octanol–water partition coefficient (Wildman–Crippen LogP) is 1.58. The van der Waals surface area contributed by atoms with Crippen LogP contribution in [-0.4, -0.2) is 57.6 Å². The number of carbonyl (C=O) groups excluding carboxylic acids is 3. The Morgan fingerprint density at radius 3 is 2.66 bits per heavy atom. The smallest absolute Gasteiger partial charge is 0.349 e. The molecule has 1 aliphatic rings. The number of nitrogens with zero attached hydrogens (tertiary/aromatic N) is 1. The van der Waals surface area contributed by atoms with Gasteiger partial charge >= 0.3 is 11.6 Å². The van der Waals surface area contributed by atoms with Crippen LogP contribution >= 0.6 is 0 Å². The van der Waals surface area contributed by atoms with Crippen molar-refractivity contribution in [2.45, 2.75) is 6.92 Å². The maximum absolute atomic E-state index is 12.9. The fourth-order valence-corrected chi connectivity index (χ4v) is 3.24. The van der Waals surface area contributed by atoms with Crippen LogP contribution in [0.4, 0.5) is 5.69 Å². The van der Waals surface area contributed by atoms with Crippen molar-refractivity contribution in [3.63, 3.8) is 0 Å². The maximum atomic E-state index is 12.9. The molecule has 9 heteroatoms. The molecule has 0 spiro atoms. The molecule has 9 nitrogen and oxygen atoms in total. The topological polar surface area (TPSA) is 115 Å². The molecule has 168 valence electrons. The Labute approximate surface area is 184 Å². The molecule has 3 rings (SSSR count). The first-order chi connectivity index (χ1) is 15.4. The number of nitrogens with one attached hydrogen (secondary N) is 1. The Balaban J connectivity index is 1.80. The molecule has 2 heterocycles. The molecule has 1 saturated heterocycles. The number of hydrogen-bond acceptors (Lipinski definition) is 8. The molecular weight excluding hydrogens is 416 g/mol. The number of amides is 1. The molecule has 1 amide bonds. The second-order valence-corrected chi connectivity index (χ2v) is 7.09. The van der Waals surface area contributed by atoms with Crippen molar-refractivity contribution in [3.8, 4) is 0 Å². The fraction of sp³-hybridized carbons (Fsp3) is 0.304. The normalized spacial score (nSPS) is 13.8. The Morgan fingerprint density at radius 2 is 1.94 bits per heavy atom. The van der Waals surface area contributed by atoms with Gasteiger partial charge in [-0.05, 0) is 30.7 Å². The van der Waals surface area contributed by atoms with Crippen molar-refractivity contribution < 1.29 is 28.3 Å². The minimum absolute atomic E-state index is 0.0410. The molecule has 1 N–H and O–H groups in total. The first kappa shape index (κ1) is 23.0. The maximum Gasteiger partial charge on any atom is 0.349 e. The molecule has 0 unspecified atom stereocenters. The van der Waals surface area contributed by atoms with Gasteiger partial charge in [0.1, 0.15) is 17.9 Å². The number of hydrogen-bond donors (Lipinski definition) is 1. The monoisotopic (exact) mass is 440 g/mol. The van der Waals surface area contributed by atoms with Crippen LogP contribution in [0.15, 0.2) is 45.6 Å². The summed E-state index contributed by atoms with van der Waals surface area (Å²) in [7, 11) is 1.23. The average molecular weight is 440 g/mol. The van der Waals surface area contributed by atoms with E-state index >= 15 is 0 Å². The van der Waals surface area contributed by atoms with Crippen molar-refractivity contribution in [3.05, 3.63) is 69.3 Å². The highest BCUT2D eigenvalue weighted by molar-refractivity contribution is 6.10. The zero-order valence-electron chi connectivity index (χ0n) is 17.9. The number of morpholine rings is 1. The Bertz CT molecular complexity index is 1100. The fourth-order valence-electron chi connectivity index (χ4n) is 3.24. The molecule has 0 saturated carbocycles. The first-order valence-corrected chi connectivity index (χ1v) is 10.0. The molecule has 32 heavy (non-hydrogen) atoms. The summed E-state index contributed by atoms with van der Waals surface area (Å²) in [4.78, 5) is 50.7. The molecule has 1 fully saturated rings. The van der Waals surface area contributed by atoms with Crippen molar-refractivity contribution in [2.24, 2.45) is 0 Å². The standard InChI is InChI=1S/C23H24N2O7/c1-15-12-18(25-8-10-31-11-9-25)21(23(29)32-15)19(26)7-6-16-4-3-5-17(13-16)22(28)24-14-20(27)30-2/h3-7,12-13H,8-11,14H2,1-2H3,(H,24,28)/b7-6+. The lowest BCUT2D eigenvalue weighted by Gasteiger charge is -2.29. The van der Waals surface area contributed by atoms with Crippen LogP contribution in [0.1, 0.15) is 32.0 Å². The number of methoxy groups -OCH3 is 1. The molecule has 1 aromatic heterocycles. The lowest BCUT2D eigenvalue weighted by Crippen LogP contribution is -2.38. The van der Waals surface area contributed by atoms with Gasteiger partial charge in [-0.25, -0.2) is 4.79 Å². The summed E-state index contributed by atoms with van der Waals surface area (Å²) in [5.74, 6) is -1.10. The lowest BCUT2D eigenvalue weighted by atomic mass is 10.1. The van der Waals surface area contributed by atoms with Crippen molar-refractivity contribution in [1.29, 1.82) is 0 Å². The van der Waals surface area contributed by atoms with Crippen molar-refractivity contribution in [2.75, 3.05) is 44.9 Å². The lowest BCUT2D eigenvalue weighted by molar-refractivity contribution is -0.139. The highest BCUT2D eigenvalue weighted by Gasteiger charge is 2.22. The van der Waals surface area contributed by atoms with E-state index in [4.69, 9.17) is 9.15 Å². The van der Waals surface area contributed by atoms with E-state index in [1.165, 1.54) is 19.3 Å². The molecule has 0 aliphatic carbocycles. The second kappa shape index (κ2) is 10.5. The third-order valence-electron chi connectivity index (χ3n) is 4.85. The Hall–Kier alpha value is -3.72. The van der Waals surface area contributed by atoms with E-state index in [0.717, 1.165) is 0 Å². The number of allylic oxidation sites excluding steroid dienone is 1. The van der Waals surface area contributed by atoms with Gasteiger partial charge in [0.25, 0.3) is 5.91 Å². The van der Waals surface area contributed by atoms with E-state index in [1.54, 1.807) is 37.3 Å². The van der Waals surface area contributed by atoms with E-state index in [9.17, 15) is 19.2 Å². The van der Waals surface area contributed by atoms with Crippen molar-refractivity contribution >= 4 is 29.4 Å². The Kier molecular flexibility index (Phi) is 7.56. The number of benzene rings is 1. The van der Waals surface area contributed by atoms with E-state index in [1.807, 2.05) is 4.90 Å². The number of aryl methyl sites for hydroxylation is 1. The molecule has 2 aromatic rings. The number of anilines is 1. The molecule has 0 atom stereocenters. The summed E-state index contributed by atoms with van der Waals surface area (Å²) >= 11 is 0. The van der Waals surface area contributed by atoms with Crippen LogP contribution in [-0.2, 0) is 14.3 Å². The average Bonchev–Trinajstić information content (AvgIpc) is 2.81. The molecule has 1 aromatic carbocycles. The van der Waals surface area contributed by atoms with Crippen LogP contribution in [0.2, 0.25) is 0 Å². The number of ketones is 1. The van der Waals surface area contributed by atoms with Gasteiger partial charge < -0.3 is 24.1 Å². The summed E-state index contributed by atoms with van der Waals surface area (Å²) in [5.41, 5.74) is 0.672. The van der Waals surface area contributed by atoms with Gasteiger partial charge in [-0.2, -0.15) is 0 Å². The Morgan fingerprint density at radius 1 is 1.19 bits per heavy atom. The minimum atomic E-state index is -0.697. The van der Waals surface area contributed by atoms with E-state index in [-0.39, 0.29) is 12.1 Å². The summed E-state index contributed by atoms with van der Waals surface area (Å²) < 4.78 is 15.0. The van der Waals surface area contributed by atoms with Crippen LogP contribution in [0, 0.1) is 6.92 Å². The quantitative estimate of drug-likeness (QED) is 0.392.